The second-order valence-electron chi connectivity index (χ2n) is 3.75. The van der Waals surface area contributed by atoms with Crippen LogP contribution in [0.25, 0.3) is 17.4 Å². The van der Waals surface area contributed by atoms with Gasteiger partial charge in [0, 0.05) is 5.56 Å². The summed E-state index contributed by atoms with van der Waals surface area (Å²) < 4.78 is 5.59. The van der Waals surface area contributed by atoms with Gasteiger partial charge in [-0.25, -0.2) is 0 Å². The standard InChI is InChI=1S/C14H14O/c1-4-12-7-10(2)8-13(9-12)14-6-5-11(3)15-14/h4-9H,1H2,2-3H3. The summed E-state index contributed by atoms with van der Waals surface area (Å²) in [7, 11) is 0. The van der Waals surface area contributed by atoms with Crippen molar-refractivity contribution in [3.05, 3.63) is 53.8 Å². The van der Waals surface area contributed by atoms with Crippen molar-refractivity contribution >= 4 is 6.08 Å². The highest BCUT2D eigenvalue weighted by Gasteiger charge is 2.03. The minimum atomic E-state index is 0.916. The molecule has 0 fully saturated rings. The van der Waals surface area contributed by atoms with Crippen molar-refractivity contribution < 1.29 is 4.42 Å². The maximum Gasteiger partial charge on any atom is 0.134 e. The largest absolute Gasteiger partial charge is 0.461 e. The molecule has 0 bridgehead atoms. The molecule has 1 heterocycles. The van der Waals surface area contributed by atoms with E-state index in [0.717, 1.165) is 22.6 Å². The third-order valence-corrected chi connectivity index (χ3v) is 2.36. The van der Waals surface area contributed by atoms with Gasteiger partial charge in [0.15, 0.2) is 0 Å². The third-order valence-electron chi connectivity index (χ3n) is 2.36. The van der Waals surface area contributed by atoms with Crippen LogP contribution in [0.15, 0.2) is 41.3 Å². The van der Waals surface area contributed by atoms with Crippen LogP contribution in [-0.2, 0) is 0 Å². The highest BCUT2D eigenvalue weighted by Crippen LogP contribution is 2.24. The minimum absolute atomic E-state index is 0.916. The van der Waals surface area contributed by atoms with E-state index in [4.69, 9.17) is 4.42 Å². The van der Waals surface area contributed by atoms with Crippen LogP contribution in [-0.4, -0.2) is 0 Å². The Labute approximate surface area is 90.1 Å². The van der Waals surface area contributed by atoms with Crippen LogP contribution in [0, 0.1) is 13.8 Å². The smallest absolute Gasteiger partial charge is 0.134 e. The Balaban J connectivity index is 2.52. The molecule has 1 aromatic heterocycles. The van der Waals surface area contributed by atoms with E-state index in [2.05, 4.69) is 31.7 Å². The van der Waals surface area contributed by atoms with Gasteiger partial charge in [0.25, 0.3) is 0 Å². The zero-order valence-electron chi connectivity index (χ0n) is 9.08. The van der Waals surface area contributed by atoms with Crippen molar-refractivity contribution in [2.45, 2.75) is 13.8 Å². The highest BCUT2D eigenvalue weighted by molar-refractivity contribution is 5.64. The van der Waals surface area contributed by atoms with Gasteiger partial charge >= 0.3 is 0 Å². The first kappa shape index (κ1) is 9.78. The van der Waals surface area contributed by atoms with Crippen LogP contribution in [0.5, 0.6) is 0 Å². The molecule has 0 atom stereocenters. The van der Waals surface area contributed by atoms with Gasteiger partial charge in [-0.1, -0.05) is 18.7 Å². The fourth-order valence-corrected chi connectivity index (χ4v) is 1.66. The van der Waals surface area contributed by atoms with Crippen molar-refractivity contribution in [1.82, 2.24) is 0 Å². The SMILES string of the molecule is C=Cc1cc(C)cc(-c2ccc(C)o2)c1. The normalized spacial score (nSPS) is 10.3. The zero-order chi connectivity index (χ0) is 10.8. The fraction of sp³-hybridized carbons (Fsp3) is 0.143. The number of hydrogen-bond donors (Lipinski definition) is 0. The number of benzene rings is 1. The van der Waals surface area contributed by atoms with Gasteiger partial charge in [0.1, 0.15) is 11.5 Å². The number of rotatable bonds is 2. The fourth-order valence-electron chi connectivity index (χ4n) is 1.66. The number of hydrogen-bond acceptors (Lipinski definition) is 1. The van der Waals surface area contributed by atoms with Crippen molar-refractivity contribution in [3.63, 3.8) is 0 Å². The Morgan fingerprint density at radius 3 is 2.53 bits per heavy atom. The predicted octanol–water partition coefficient (Wildman–Crippen LogP) is 4.21. The van der Waals surface area contributed by atoms with E-state index in [9.17, 15) is 0 Å². The first-order valence-electron chi connectivity index (χ1n) is 5.00. The molecule has 15 heavy (non-hydrogen) atoms. The van der Waals surface area contributed by atoms with Gasteiger partial charge in [0.2, 0.25) is 0 Å². The van der Waals surface area contributed by atoms with Crippen molar-refractivity contribution in [3.8, 4) is 11.3 Å². The Morgan fingerprint density at radius 2 is 1.93 bits per heavy atom. The maximum absolute atomic E-state index is 5.59. The Morgan fingerprint density at radius 1 is 1.13 bits per heavy atom. The Kier molecular flexibility index (Phi) is 2.46. The van der Waals surface area contributed by atoms with E-state index in [0.29, 0.717) is 0 Å². The molecule has 0 aliphatic heterocycles. The highest BCUT2D eigenvalue weighted by atomic mass is 16.3. The first-order valence-corrected chi connectivity index (χ1v) is 5.00. The second-order valence-corrected chi connectivity index (χ2v) is 3.75. The first-order chi connectivity index (χ1) is 7.19. The molecule has 0 amide bonds. The molecule has 0 saturated carbocycles. The number of aryl methyl sites for hydroxylation is 2. The quantitative estimate of drug-likeness (QED) is 0.704. The van der Waals surface area contributed by atoms with Gasteiger partial charge in [-0.3, -0.25) is 0 Å². The molecule has 2 aromatic rings. The lowest BCUT2D eigenvalue weighted by Crippen LogP contribution is -1.80. The topological polar surface area (TPSA) is 13.1 Å². The summed E-state index contributed by atoms with van der Waals surface area (Å²) in [6.07, 6.45) is 1.85. The van der Waals surface area contributed by atoms with E-state index in [1.807, 2.05) is 25.1 Å². The number of furan rings is 1. The lowest BCUT2D eigenvalue weighted by Gasteiger charge is -2.02. The minimum Gasteiger partial charge on any atom is -0.461 e. The van der Waals surface area contributed by atoms with Gasteiger partial charge in [-0.15, -0.1) is 0 Å². The second kappa shape index (κ2) is 3.77. The molecule has 1 nitrogen and oxygen atoms in total. The summed E-state index contributed by atoms with van der Waals surface area (Å²) >= 11 is 0. The van der Waals surface area contributed by atoms with E-state index in [-0.39, 0.29) is 0 Å². The average molecular weight is 198 g/mol. The maximum atomic E-state index is 5.59. The summed E-state index contributed by atoms with van der Waals surface area (Å²) in [5, 5.41) is 0. The van der Waals surface area contributed by atoms with Gasteiger partial charge in [0.05, 0.1) is 0 Å². The van der Waals surface area contributed by atoms with Gasteiger partial charge < -0.3 is 4.42 Å². The summed E-state index contributed by atoms with van der Waals surface area (Å²) in [5.41, 5.74) is 3.45. The van der Waals surface area contributed by atoms with Crippen LogP contribution in [0.4, 0.5) is 0 Å². The zero-order valence-corrected chi connectivity index (χ0v) is 9.08. The van der Waals surface area contributed by atoms with E-state index in [1.54, 1.807) is 0 Å². The van der Waals surface area contributed by atoms with Crippen molar-refractivity contribution in [2.24, 2.45) is 0 Å². The van der Waals surface area contributed by atoms with Crippen LogP contribution in [0.1, 0.15) is 16.9 Å². The summed E-state index contributed by atoms with van der Waals surface area (Å²) in [4.78, 5) is 0. The summed E-state index contributed by atoms with van der Waals surface area (Å²) in [5.74, 6) is 1.85. The monoisotopic (exact) mass is 198 g/mol. The average Bonchev–Trinajstić information content (AvgIpc) is 2.64. The lowest BCUT2D eigenvalue weighted by atomic mass is 10.1. The van der Waals surface area contributed by atoms with Crippen molar-refractivity contribution in [1.29, 1.82) is 0 Å². The molecular formula is C14H14O. The third kappa shape index (κ3) is 2.01. The summed E-state index contributed by atoms with van der Waals surface area (Å²) in [6, 6.07) is 10.3. The molecule has 0 unspecified atom stereocenters. The molecule has 1 heteroatoms. The van der Waals surface area contributed by atoms with E-state index >= 15 is 0 Å². The molecule has 0 saturated heterocycles. The molecular weight excluding hydrogens is 184 g/mol. The van der Waals surface area contributed by atoms with Crippen LogP contribution < -0.4 is 0 Å². The molecule has 0 radical (unpaired) electrons. The lowest BCUT2D eigenvalue weighted by molar-refractivity contribution is 0.548. The molecule has 0 spiro atoms. The van der Waals surface area contributed by atoms with Crippen LogP contribution >= 0.6 is 0 Å². The van der Waals surface area contributed by atoms with Crippen molar-refractivity contribution in [2.75, 3.05) is 0 Å². The summed E-state index contributed by atoms with van der Waals surface area (Å²) in [6.45, 7) is 7.81. The van der Waals surface area contributed by atoms with E-state index in [1.165, 1.54) is 5.56 Å². The van der Waals surface area contributed by atoms with Crippen LogP contribution in [0.3, 0.4) is 0 Å². The van der Waals surface area contributed by atoms with Gasteiger partial charge in [-0.2, -0.15) is 0 Å². The predicted molar refractivity (Wildman–Crippen MR) is 63.7 cm³/mol. The molecule has 76 valence electrons. The van der Waals surface area contributed by atoms with Crippen LogP contribution in [0.2, 0.25) is 0 Å². The molecule has 1 aromatic carbocycles. The van der Waals surface area contributed by atoms with E-state index < -0.39 is 0 Å². The van der Waals surface area contributed by atoms with Gasteiger partial charge in [-0.05, 0) is 49.2 Å². The molecule has 0 aliphatic carbocycles. The molecule has 0 aliphatic rings. The molecule has 0 N–H and O–H groups in total. The molecule has 2 rings (SSSR count). The Hall–Kier alpha value is -1.76. The Bertz CT molecular complexity index is 492.